The number of hydrogen-bond acceptors (Lipinski definition) is 2. The van der Waals surface area contributed by atoms with Gasteiger partial charge in [0.2, 0.25) is 0 Å². The van der Waals surface area contributed by atoms with Crippen molar-refractivity contribution in [3.63, 3.8) is 0 Å². The van der Waals surface area contributed by atoms with E-state index in [9.17, 15) is 0 Å². The lowest BCUT2D eigenvalue weighted by Crippen LogP contribution is -2.43. The first-order valence-corrected chi connectivity index (χ1v) is 7.71. The topological polar surface area (TPSA) is 3.24 Å². The Morgan fingerprint density at radius 3 is 2.38 bits per heavy atom. The van der Waals surface area contributed by atoms with Crippen LogP contribution in [0.4, 0.5) is 0 Å². The molecule has 0 spiro atoms. The minimum absolute atomic E-state index is 0.492. The predicted molar refractivity (Wildman–Crippen MR) is 75.9 cm³/mol. The minimum Gasteiger partial charge on any atom is -0.291 e. The average molecular weight is 243 g/mol. The summed E-state index contributed by atoms with van der Waals surface area (Å²) in [4.78, 5) is 2.66. The SMILES string of the molecule is CC(C)SCN1CCC(C(C)(C)C)CC1C. The zero-order valence-corrected chi connectivity index (χ0v) is 12.7. The van der Waals surface area contributed by atoms with E-state index in [0.717, 1.165) is 17.2 Å². The maximum atomic E-state index is 2.66. The van der Waals surface area contributed by atoms with Crippen LogP contribution in [0, 0.1) is 11.3 Å². The summed E-state index contributed by atoms with van der Waals surface area (Å²) in [5.74, 6) is 2.12. The third-order valence-electron chi connectivity index (χ3n) is 3.81. The summed E-state index contributed by atoms with van der Waals surface area (Å²) < 4.78 is 0. The van der Waals surface area contributed by atoms with Gasteiger partial charge in [-0.15, -0.1) is 11.8 Å². The van der Waals surface area contributed by atoms with Crippen LogP contribution >= 0.6 is 11.8 Å². The first-order valence-electron chi connectivity index (χ1n) is 6.66. The van der Waals surface area contributed by atoms with Gasteiger partial charge in [0.25, 0.3) is 0 Å². The van der Waals surface area contributed by atoms with Gasteiger partial charge in [0.05, 0.1) is 0 Å². The van der Waals surface area contributed by atoms with Crippen LogP contribution in [0.25, 0.3) is 0 Å². The Balaban J connectivity index is 2.40. The van der Waals surface area contributed by atoms with Crippen LogP contribution in [0.2, 0.25) is 0 Å². The number of nitrogens with zero attached hydrogens (tertiary/aromatic N) is 1. The van der Waals surface area contributed by atoms with E-state index in [4.69, 9.17) is 0 Å². The molecule has 1 saturated heterocycles. The van der Waals surface area contributed by atoms with Crippen LogP contribution < -0.4 is 0 Å². The number of thioether (sulfide) groups is 1. The van der Waals surface area contributed by atoms with Gasteiger partial charge in [0, 0.05) is 17.2 Å². The van der Waals surface area contributed by atoms with Gasteiger partial charge in [-0.25, -0.2) is 0 Å². The van der Waals surface area contributed by atoms with Crippen LogP contribution in [0.3, 0.4) is 0 Å². The lowest BCUT2D eigenvalue weighted by Gasteiger charge is -2.42. The lowest BCUT2D eigenvalue weighted by molar-refractivity contribution is 0.0838. The van der Waals surface area contributed by atoms with E-state index in [0.29, 0.717) is 5.41 Å². The van der Waals surface area contributed by atoms with E-state index < -0.39 is 0 Å². The monoisotopic (exact) mass is 243 g/mol. The number of piperidine rings is 1. The van der Waals surface area contributed by atoms with Crippen LogP contribution in [-0.4, -0.2) is 28.6 Å². The maximum Gasteiger partial charge on any atom is 0.0449 e. The molecular weight excluding hydrogens is 214 g/mol. The Labute approximate surface area is 106 Å². The van der Waals surface area contributed by atoms with Crippen molar-refractivity contribution < 1.29 is 0 Å². The number of rotatable bonds is 3. The smallest absolute Gasteiger partial charge is 0.0449 e. The van der Waals surface area contributed by atoms with Crippen molar-refractivity contribution in [1.29, 1.82) is 0 Å². The van der Waals surface area contributed by atoms with Gasteiger partial charge in [-0.05, 0) is 37.6 Å². The summed E-state index contributed by atoms with van der Waals surface area (Å²) in [6, 6.07) is 0.768. The molecule has 0 bridgehead atoms. The fraction of sp³-hybridized carbons (Fsp3) is 1.00. The largest absolute Gasteiger partial charge is 0.291 e. The average Bonchev–Trinajstić information content (AvgIpc) is 2.14. The molecule has 2 unspecified atom stereocenters. The molecule has 1 heterocycles. The first-order chi connectivity index (χ1) is 7.30. The van der Waals surface area contributed by atoms with Gasteiger partial charge in [-0.1, -0.05) is 34.6 Å². The minimum atomic E-state index is 0.492. The molecule has 0 aromatic heterocycles. The molecule has 1 rings (SSSR count). The van der Waals surface area contributed by atoms with Crippen molar-refractivity contribution in [1.82, 2.24) is 4.90 Å². The highest BCUT2D eigenvalue weighted by molar-refractivity contribution is 7.99. The van der Waals surface area contributed by atoms with Crippen molar-refractivity contribution in [2.24, 2.45) is 11.3 Å². The molecular formula is C14H29NS. The van der Waals surface area contributed by atoms with Crippen LogP contribution in [0.5, 0.6) is 0 Å². The molecule has 1 aliphatic rings. The third-order valence-corrected chi connectivity index (χ3v) is 4.96. The van der Waals surface area contributed by atoms with Crippen molar-refractivity contribution in [3.05, 3.63) is 0 Å². The van der Waals surface area contributed by atoms with Crippen LogP contribution in [0.1, 0.15) is 54.4 Å². The van der Waals surface area contributed by atoms with Crippen molar-refractivity contribution in [2.75, 3.05) is 12.4 Å². The molecule has 2 atom stereocenters. The molecule has 0 aromatic carbocycles. The summed E-state index contributed by atoms with van der Waals surface area (Å²) in [5, 5.41) is 0.757. The molecule has 0 N–H and O–H groups in total. The van der Waals surface area contributed by atoms with E-state index in [1.54, 1.807) is 0 Å². The van der Waals surface area contributed by atoms with Crippen molar-refractivity contribution >= 4 is 11.8 Å². The molecule has 0 aromatic rings. The lowest BCUT2D eigenvalue weighted by atomic mass is 9.73. The summed E-state index contributed by atoms with van der Waals surface area (Å²) in [6.07, 6.45) is 2.76. The van der Waals surface area contributed by atoms with Crippen molar-refractivity contribution in [2.45, 2.75) is 65.7 Å². The van der Waals surface area contributed by atoms with E-state index in [1.807, 2.05) is 0 Å². The molecule has 16 heavy (non-hydrogen) atoms. The van der Waals surface area contributed by atoms with Gasteiger partial charge >= 0.3 is 0 Å². The summed E-state index contributed by atoms with van der Waals surface area (Å²) >= 11 is 2.08. The molecule has 1 fully saturated rings. The molecule has 1 nitrogen and oxygen atoms in total. The van der Waals surface area contributed by atoms with Gasteiger partial charge in [0.15, 0.2) is 0 Å². The Kier molecular flexibility index (Phi) is 5.18. The second kappa shape index (κ2) is 5.77. The second-order valence-electron chi connectivity index (χ2n) is 6.59. The highest BCUT2D eigenvalue weighted by Gasteiger charge is 2.32. The second-order valence-corrected chi connectivity index (χ2v) is 8.13. The predicted octanol–water partition coefficient (Wildman–Crippen LogP) is 4.23. The van der Waals surface area contributed by atoms with Gasteiger partial charge < -0.3 is 0 Å². The summed E-state index contributed by atoms with van der Waals surface area (Å²) in [6.45, 7) is 15.4. The quantitative estimate of drug-likeness (QED) is 0.729. The van der Waals surface area contributed by atoms with E-state index in [1.165, 1.54) is 25.3 Å². The molecule has 0 amide bonds. The number of likely N-dealkylation sites (tertiary alicyclic amines) is 1. The van der Waals surface area contributed by atoms with Gasteiger partial charge in [-0.3, -0.25) is 4.90 Å². The van der Waals surface area contributed by atoms with Crippen molar-refractivity contribution in [3.8, 4) is 0 Å². The standard InChI is InChI=1S/C14H29NS/c1-11(2)16-10-15-8-7-13(9-12(15)3)14(4,5)6/h11-13H,7-10H2,1-6H3. The fourth-order valence-electron chi connectivity index (χ4n) is 2.44. The van der Waals surface area contributed by atoms with Crippen LogP contribution in [0.15, 0.2) is 0 Å². The first kappa shape index (κ1) is 14.4. The Morgan fingerprint density at radius 1 is 1.31 bits per heavy atom. The normalized spacial score (nSPS) is 28.7. The molecule has 2 heteroatoms. The third kappa shape index (κ3) is 4.29. The zero-order valence-electron chi connectivity index (χ0n) is 11.9. The molecule has 0 radical (unpaired) electrons. The fourth-order valence-corrected chi connectivity index (χ4v) is 3.32. The summed E-state index contributed by atoms with van der Waals surface area (Å²) in [5.41, 5.74) is 0.492. The Hall–Kier alpha value is 0.310. The van der Waals surface area contributed by atoms with Gasteiger partial charge in [0.1, 0.15) is 0 Å². The summed E-state index contributed by atoms with van der Waals surface area (Å²) in [7, 11) is 0. The van der Waals surface area contributed by atoms with E-state index in [2.05, 4.69) is 58.2 Å². The molecule has 0 aliphatic carbocycles. The molecule has 96 valence electrons. The van der Waals surface area contributed by atoms with Crippen LogP contribution in [-0.2, 0) is 0 Å². The highest BCUT2D eigenvalue weighted by atomic mass is 32.2. The molecule has 1 aliphatic heterocycles. The zero-order chi connectivity index (χ0) is 12.3. The highest BCUT2D eigenvalue weighted by Crippen LogP contribution is 2.37. The van der Waals surface area contributed by atoms with E-state index in [-0.39, 0.29) is 0 Å². The van der Waals surface area contributed by atoms with E-state index >= 15 is 0 Å². The van der Waals surface area contributed by atoms with Gasteiger partial charge in [-0.2, -0.15) is 0 Å². The molecule has 0 saturated carbocycles. The maximum absolute atomic E-state index is 2.66. The number of hydrogen-bond donors (Lipinski definition) is 0. The Bertz CT molecular complexity index is 207. The Morgan fingerprint density at radius 2 is 1.94 bits per heavy atom.